The van der Waals surface area contributed by atoms with E-state index < -0.39 is 15.1 Å². The average molecular weight is 339 g/mol. The molecule has 2 heterocycles. The molecule has 5 nitrogen and oxygen atoms in total. The maximum absolute atomic E-state index is 12.4. The van der Waals surface area contributed by atoms with E-state index >= 15 is 0 Å². The van der Waals surface area contributed by atoms with Crippen molar-refractivity contribution < 1.29 is 13.2 Å². The minimum atomic E-state index is -3.41. The van der Waals surface area contributed by atoms with Gasteiger partial charge in [0.25, 0.3) is 0 Å². The number of sulfone groups is 1. The number of halogens is 1. The number of carbonyl (C=O) groups excluding carboxylic acids is 1. The standard InChI is InChI=1S/C15H15ClN2O3S/c16-12-3-5-13(6-4-12)22(20,21)14-9-18(10-14)15(19)11-17-7-1-2-8-17/h1-8,14H,9-11H2. The van der Waals surface area contributed by atoms with Crippen LogP contribution >= 0.6 is 11.6 Å². The first kappa shape index (κ1) is 15.1. The molecule has 2 aromatic rings. The van der Waals surface area contributed by atoms with E-state index in [0.29, 0.717) is 5.02 Å². The van der Waals surface area contributed by atoms with Crippen LogP contribution < -0.4 is 0 Å². The highest BCUT2D eigenvalue weighted by molar-refractivity contribution is 7.92. The molecular formula is C15H15ClN2O3S. The largest absolute Gasteiger partial charge is 0.345 e. The van der Waals surface area contributed by atoms with Crippen molar-refractivity contribution in [2.24, 2.45) is 0 Å². The summed E-state index contributed by atoms with van der Waals surface area (Å²) in [6, 6.07) is 9.81. The topological polar surface area (TPSA) is 59.4 Å². The highest BCUT2D eigenvalue weighted by Crippen LogP contribution is 2.25. The summed E-state index contributed by atoms with van der Waals surface area (Å²) in [4.78, 5) is 13.9. The first-order valence-electron chi connectivity index (χ1n) is 6.85. The minimum Gasteiger partial charge on any atom is -0.345 e. The lowest BCUT2D eigenvalue weighted by Gasteiger charge is -2.38. The van der Waals surface area contributed by atoms with Crippen molar-refractivity contribution in [1.82, 2.24) is 9.47 Å². The molecule has 0 saturated carbocycles. The molecule has 1 aliphatic rings. The number of carbonyl (C=O) groups is 1. The van der Waals surface area contributed by atoms with Gasteiger partial charge in [0.2, 0.25) is 5.91 Å². The number of hydrogen-bond acceptors (Lipinski definition) is 3. The summed E-state index contributed by atoms with van der Waals surface area (Å²) in [5, 5.41) is -0.0432. The zero-order chi connectivity index (χ0) is 15.7. The van der Waals surface area contributed by atoms with Gasteiger partial charge >= 0.3 is 0 Å². The second-order valence-corrected chi connectivity index (χ2v) is 7.94. The summed E-state index contributed by atoms with van der Waals surface area (Å²) in [7, 11) is -3.41. The summed E-state index contributed by atoms with van der Waals surface area (Å²) < 4.78 is 26.6. The third kappa shape index (κ3) is 2.89. The molecule has 0 bridgehead atoms. The van der Waals surface area contributed by atoms with Gasteiger partial charge in [-0.3, -0.25) is 4.79 Å². The van der Waals surface area contributed by atoms with Gasteiger partial charge < -0.3 is 9.47 Å². The van der Waals surface area contributed by atoms with Gasteiger partial charge in [0.15, 0.2) is 9.84 Å². The smallest absolute Gasteiger partial charge is 0.242 e. The number of rotatable bonds is 4. The van der Waals surface area contributed by atoms with E-state index in [1.54, 1.807) is 34.0 Å². The Kier molecular flexibility index (Phi) is 3.97. The van der Waals surface area contributed by atoms with Crippen molar-refractivity contribution in [3.63, 3.8) is 0 Å². The Morgan fingerprint density at radius 3 is 2.32 bits per heavy atom. The van der Waals surface area contributed by atoms with Gasteiger partial charge in [0, 0.05) is 30.5 Å². The highest BCUT2D eigenvalue weighted by atomic mass is 35.5. The number of nitrogens with zero attached hydrogens (tertiary/aromatic N) is 2. The molecule has 7 heteroatoms. The monoisotopic (exact) mass is 338 g/mol. The fourth-order valence-electron chi connectivity index (χ4n) is 2.39. The van der Waals surface area contributed by atoms with Crippen LogP contribution in [0.25, 0.3) is 0 Å². The third-order valence-corrected chi connectivity index (χ3v) is 6.12. The number of hydrogen-bond donors (Lipinski definition) is 0. The lowest BCUT2D eigenvalue weighted by atomic mass is 10.2. The van der Waals surface area contributed by atoms with Gasteiger partial charge in [0.1, 0.15) is 11.8 Å². The van der Waals surface area contributed by atoms with Crippen LogP contribution in [0.15, 0.2) is 53.7 Å². The van der Waals surface area contributed by atoms with Crippen LogP contribution in [-0.2, 0) is 21.2 Å². The molecule has 1 saturated heterocycles. The predicted octanol–water partition coefficient (Wildman–Crippen LogP) is 1.83. The molecule has 0 radical (unpaired) electrons. The average Bonchev–Trinajstić information content (AvgIpc) is 2.90. The van der Waals surface area contributed by atoms with Gasteiger partial charge in [-0.2, -0.15) is 0 Å². The van der Waals surface area contributed by atoms with E-state index in [-0.39, 0.29) is 30.4 Å². The van der Waals surface area contributed by atoms with Crippen LogP contribution in [0, 0.1) is 0 Å². The van der Waals surface area contributed by atoms with Gasteiger partial charge in [-0.25, -0.2) is 8.42 Å². The van der Waals surface area contributed by atoms with E-state index in [1.165, 1.54) is 12.1 Å². The molecule has 1 aromatic carbocycles. The summed E-state index contributed by atoms with van der Waals surface area (Å²) in [6.07, 6.45) is 3.61. The fraction of sp³-hybridized carbons (Fsp3) is 0.267. The zero-order valence-electron chi connectivity index (χ0n) is 11.7. The first-order valence-corrected chi connectivity index (χ1v) is 8.77. The lowest BCUT2D eigenvalue weighted by Crippen LogP contribution is -2.57. The molecule has 1 aliphatic heterocycles. The van der Waals surface area contributed by atoms with E-state index in [4.69, 9.17) is 11.6 Å². The second kappa shape index (κ2) is 5.78. The summed E-state index contributed by atoms with van der Waals surface area (Å²) in [5.41, 5.74) is 0. The first-order chi connectivity index (χ1) is 10.5. The van der Waals surface area contributed by atoms with Crippen LogP contribution in [0.2, 0.25) is 5.02 Å². The maximum atomic E-state index is 12.4. The van der Waals surface area contributed by atoms with Crippen molar-refractivity contribution in [3.8, 4) is 0 Å². The Hall–Kier alpha value is -1.79. The van der Waals surface area contributed by atoms with Crippen LogP contribution in [0.3, 0.4) is 0 Å². The Labute approximate surface area is 134 Å². The molecule has 0 N–H and O–H groups in total. The molecule has 0 spiro atoms. The molecule has 0 atom stereocenters. The summed E-state index contributed by atoms with van der Waals surface area (Å²) >= 11 is 5.77. The molecule has 0 unspecified atom stereocenters. The lowest BCUT2D eigenvalue weighted by molar-refractivity contribution is -0.135. The number of benzene rings is 1. The van der Waals surface area contributed by atoms with Gasteiger partial charge in [-0.1, -0.05) is 11.6 Å². The van der Waals surface area contributed by atoms with Crippen molar-refractivity contribution in [1.29, 1.82) is 0 Å². The third-order valence-electron chi connectivity index (χ3n) is 3.77. The minimum absolute atomic E-state index is 0.0706. The van der Waals surface area contributed by atoms with Gasteiger partial charge in [-0.15, -0.1) is 0 Å². The number of aromatic nitrogens is 1. The van der Waals surface area contributed by atoms with E-state index in [0.717, 1.165) is 0 Å². The van der Waals surface area contributed by atoms with E-state index in [2.05, 4.69) is 0 Å². The van der Waals surface area contributed by atoms with E-state index in [9.17, 15) is 13.2 Å². The summed E-state index contributed by atoms with van der Waals surface area (Å²) in [5.74, 6) is -0.0706. The van der Waals surface area contributed by atoms with Crippen LogP contribution in [-0.4, -0.2) is 42.1 Å². The predicted molar refractivity (Wildman–Crippen MR) is 83.4 cm³/mol. The maximum Gasteiger partial charge on any atom is 0.242 e. The molecule has 22 heavy (non-hydrogen) atoms. The van der Waals surface area contributed by atoms with Crippen LogP contribution in [0.5, 0.6) is 0 Å². The Balaban J connectivity index is 1.62. The molecule has 1 aromatic heterocycles. The van der Waals surface area contributed by atoms with Gasteiger partial charge in [0.05, 0.1) is 4.90 Å². The van der Waals surface area contributed by atoms with Crippen molar-refractivity contribution >= 4 is 27.3 Å². The number of amides is 1. The molecule has 0 aliphatic carbocycles. The summed E-state index contributed by atoms with van der Waals surface area (Å²) in [6.45, 7) is 0.719. The molecule has 116 valence electrons. The Morgan fingerprint density at radius 2 is 1.73 bits per heavy atom. The second-order valence-electron chi connectivity index (χ2n) is 5.28. The van der Waals surface area contributed by atoms with E-state index in [1.807, 2.05) is 12.1 Å². The van der Waals surface area contributed by atoms with Crippen LogP contribution in [0.1, 0.15) is 0 Å². The van der Waals surface area contributed by atoms with Crippen LogP contribution in [0.4, 0.5) is 0 Å². The van der Waals surface area contributed by atoms with Crippen molar-refractivity contribution in [3.05, 3.63) is 53.8 Å². The Bertz CT molecular complexity index is 764. The normalized spacial score (nSPS) is 15.6. The highest BCUT2D eigenvalue weighted by Gasteiger charge is 2.40. The number of likely N-dealkylation sites (tertiary alicyclic amines) is 1. The Morgan fingerprint density at radius 1 is 1.14 bits per heavy atom. The molecule has 1 fully saturated rings. The van der Waals surface area contributed by atoms with Crippen molar-refractivity contribution in [2.75, 3.05) is 13.1 Å². The molecule has 3 rings (SSSR count). The van der Waals surface area contributed by atoms with Crippen molar-refractivity contribution in [2.45, 2.75) is 16.7 Å². The fourth-order valence-corrected chi connectivity index (χ4v) is 4.17. The van der Waals surface area contributed by atoms with Gasteiger partial charge in [-0.05, 0) is 36.4 Å². The molecule has 1 amide bonds. The zero-order valence-corrected chi connectivity index (χ0v) is 13.3. The SMILES string of the molecule is O=C(Cn1cccc1)N1CC(S(=O)(=O)c2ccc(Cl)cc2)C1. The molecular weight excluding hydrogens is 324 g/mol. The quantitative estimate of drug-likeness (QED) is 0.854.